The van der Waals surface area contributed by atoms with E-state index in [4.69, 9.17) is 9.84 Å². The molecule has 0 spiro atoms. The summed E-state index contributed by atoms with van der Waals surface area (Å²) in [5.74, 6) is 0.0155. The third kappa shape index (κ3) is 2.85. The van der Waals surface area contributed by atoms with E-state index in [1.165, 1.54) is 0 Å². The van der Waals surface area contributed by atoms with Gasteiger partial charge in [-0.05, 0) is 18.4 Å². The fraction of sp³-hybridized carbons (Fsp3) is 0.462. The Morgan fingerprint density at radius 2 is 2.33 bits per heavy atom. The van der Waals surface area contributed by atoms with Crippen LogP contribution in [0.3, 0.4) is 0 Å². The first-order chi connectivity index (χ1) is 8.76. The number of aliphatic hydroxyl groups is 1. The zero-order valence-electron chi connectivity index (χ0n) is 10.3. The van der Waals surface area contributed by atoms with Crippen LogP contribution in [0.2, 0.25) is 0 Å². The number of ether oxygens (including phenoxy) is 1. The number of nitrogens with zero attached hydrogens (tertiary/aromatic N) is 1. The topological polar surface area (TPSA) is 49.8 Å². The summed E-state index contributed by atoms with van der Waals surface area (Å²) in [6.45, 7) is 1.47. The van der Waals surface area contributed by atoms with Crippen molar-refractivity contribution in [2.24, 2.45) is 0 Å². The maximum Gasteiger partial charge on any atom is 0.255 e. The largest absolute Gasteiger partial charge is 0.394 e. The highest BCUT2D eigenvalue weighted by molar-refractivity contribution is 7.98. The summed E-state index contributed by atoms with van der Waals surface area (Å²) in [6.07, 6.45) is 1.70. The summed E-state index contributed by atoms with van der Waals surface area (Å²) in [7, 11) is 0. The average Bonchev–Trinajstić information content (AvgIpc) is 2.46. The number of benzene rings is 1. The van der Waals surface area contributed by atoms with Gasteiger partial charge >= 0.3 is 0 Å². The number of thioether (sulfide) groups is 1. The van der Waals surface area contributed by atoms with Gasteiger partial charge in [-0.15, -0.1) is 11.8 Å². The van der Waals surface area contributed by atoms with Gasteiger partial charge in [-0.25, -0.2) is 0 Å². The molecule has 1 aliphatic rings. The van der Waals surface area contributed by atoms with Crippen molar-refractivity contribution >= 4 is 17.7 Å². The molecule has 98 valence electrons. The van der Waals surface area contributed by atoms with Gasteiger partial charge in [0, 0.05) is 18.0 Å². The van der Waals surface area contributed by atoms with Gasteiger partial charge in [-0.3, -0.25) is 4.79 Å². The summed E-state index contributed by atoms with van der Waals surface area (Å²) in [5, 5.41) is 9.09. The van der Waals surface area contributed by atoms with Crippen molar-refractivity contribution in [1.82, 2.24) is 4.90 Å². The molecular weight excluding hydrogens is 250 g/mol. The van der Waals surface area contributed by atoms with Crippen LogP contribution in [-0.2, 0) is 4.74 Å². The quantitative estimate of drug-likeness (QED) is 0.837. The van der Waals surface area contributed by atoms with E-state index in [-0.39, 0.29) is 18.6 Å². The Morgan fingerprint density at radius 3 is 3.06 bits per heavy atom. The number of carbonyl (C=O) groups is 1. The number of rotatable bonds is 3. The fourth-order valence-electron chi connectivity index (χ4n) is 2.01. The highest BCUT2D eigenvalue weighted by Crippen LogP contribution is 2.22. The second-order valence-corrected chi connectivity index (χ2v) is 4.97. The molecule has 0 aliphatic carbocycles. The number of aliphatic hydroxyl groups excluding tert-OH is 1. The maximum absolute atomic E-state index is 12.4. The first-order valence-corrected chi connectivity index (χ1v) is 7.13. The summed E-state index contributed by atoms with van der Waals surface area (Å²) in [5.41, 5.74) is 0.726. The zero-order valence-corrected chi connectivity index (χ0v) is 11.2. The van der Waals surface area contributed by atoms with Crippen molar-refractivity contribution < 1.29 is 14.6 Å². The SMILES string of the molecule is CSc1ccccc1C(=O)N1CCOC(CO)C1. The van der Waals surface area contributed by atoms with Gasteiger partial charge in [0.05, 0.1) is 24.9 Å². The summed E-state index contributed by atoms with van der Waals surface area (Å²) < 4.78 is 5.35. The third-order valence-corrected chi connectivity index (χ3v) is 3.76. The van der Waals surface area contributed by atoms with Crippen LogP contribution in [0.5, 0.6) is 0 Å². The van der Waals surface area contributed by atoms with Gasteiger partial charge in [0.25, 0.3) is 5.91 Å². The molecule has 1 heterocycles. The van der Waals surface area contributed by atoms with Crippen LogP contribution in [0.25, 0.3) is 0 Å². The Bertz CT molecular complexity index is 424. The average molecular weight is 267 g/mol. The molecule has 1 amide bonds. The molecule has 0 aromatic heterocycles. The molecule has 4 nitrogen and oxygen atoms in total. The third-order valence-electron chi connectivity index (χ3n) is 2.97. The van der Waals surface area contributed by atoms with Crippen LogP contribution in [0.15, 0.2) is 29.2 Å². The van der Waals surface area contributed by atoms with E-state index in [1.54, 1.807) is 16.7 Å². The van der Waals surface area contributed by atoms with E-state index < -0.39 is 0 Å². The lowest BCUT2D eigenvalue weighted by atomic mass is 10.1. The molecular formula is C13H17NO3S. The van der Waals surface area contributed by atoms with Crippen LogP contribution in [0.1, 0.15) is 10.4 Å². The van der Waals surface area contributed by atoms with Crippen molar-refractivity contribution in [3.8, 4) is 0 Å². The molecule has 1 unspecified atom stereocenters. The molecule has 18 heavy (non-hydrogen) atoms. The summed E-state index contributed by atoms with van der Waals surface area (Å²) >= 11 is 1.57. The molecule has 1 atom stereocenters. The van der Waals surface area contributed by atoms with E-state index >= 15 is 0 Å². The normalized spacial score (nSPS) is 19.9. The Kier molecular flexibility index (Phi) is 4.63. The lowest BCUT2D eigenvalue weighted by Crippen LogP contribution is -2.47. The summed E-state index contributed by atoms with van der Waals surface area (Å²) in [6, 6.07) is 7.59. The predicted molar refractivity (Wildman–Crippen MR) is 71.0 cm³/mol. The predicted octanol–water partition coefficient (Wildman–Crippen LogP) is 1.24. The van der Waals surface area contributed by atoms with E-state index in [1.807, 2.05) is 30.5 Å². The van der Waals surface area contributed by atoms with Gasteiger partial charge in [0.1, 0.15) is 0 Å². The first-order valence-electron chi connectivity index (χ1n) is 5.91. The summed E-state index contributed by atoms with van der Waals surface area (Å²) in [4.78, 5) is 15.1. The molecule has 5 heteroatoms. The highest BCUT2D eigenvalue weighted by atomic mass is 32.2. The Morgan fingerprint density at radius 1 is 1.56 bits per heavy atom. The first kappa shape index (κ1) is 13.4. The molecule has 0 radical (unpaired) electrons. The van der Waals surface area contributed by atoms with Crippen LogP contribution < -0.4 is 0 Å². The standard InChI is InChI=1S/C13H17NO3S/c1-18-12-5-3-2-4-11(12)13(16)14-6-7-17-10(8-14)9-15/h2-5,10,15H,6-9H2,1H3. The van der Waals surface area contributed by atoms with Gasteiger partial charge in [0.15, 0.2) is 0 Å². The molecule has 2 rings (SSSR count). The Balaban J connectivity index is 2.15. The van der Waals surface area contributed by atoms with Gasteiger partial charge < -0.3 is 14.7 Å². The van der Waals surface area contributed by atoms with E-state index in [0.29, 0.717) is 19.7 Å². The monoisotopic (exact) mass is 267 g/mol. The molecule has 1 N–H and O–H groups in total. The van der Waals surface area contributed by atoms with Crippen molar-refractivity contribution in [3.05, 3.63) is 29.8 Å². The van der Waals surface area contributed by atoms with Gasteiger partial charge in [0.2, 0.25) is 0 Å². The van der Waals surface area contributed by atoms with Crippen molar-refractivity contribution in [1.29, 1.82) is 0 Å². The number of hydrogen-bond acceptors (Lipinski definition) is 4. The molecule has 1 aliphatic heterocycles. The van der Waals surface area contributed by atoms with E-state index in [0.717, 1.165) is 10.5 Å². The minimum absolute atomic E-state index is 0.0155. The number of hydrogen-bond donors (Lipinski definition) is 1. The fourth-order valence-corrected chi connectivity index (χ4v) is 2.60. The highest BCUT2D eigenvalue weighted by Gasteiger charge is 2.25. The Labute approximate surface area is 111 Å². The molecule has 1 saturated heterocycles. The number of morpholine rings is 1. The van der Waals surface area contributed by atoms with Crippen molar-refractivity contribution in [3.63, 3.8) is 0 Å². The molecule has 1 aromatic carbocycles. The molecule has 0 bridgehead atoms. The van der Waals surface area contributed by atoms with Gasteiger partial charge in [-0.2, -0.15) is 0 Å². The van der Waals surface area contributed by atoms with Gasteiger partial charge in [-0.1, -0.05) is 12.1 Å². The van der Waals surface area contributed by atoms with Crippen molar-refractivity contribution in [2.45, 2.75) is 11.0 Å². The van der Waals surface area contributed by atoms with Crippen LogP contribution in [0, 0.1) is 0 Å². The van der Waals surface area contributed by atoms with Crippen LogP contribution in [-0.4, -0.2) is 54.6 Å². The smallest absolute Gasteiger partial charge is 0.255 e. The molecule has 1 fully saturated rings. The van der Waals surface area contributed by atoms with Crippen LogP contribution >= 0.6 is 11.8 Å². The van der Waals surface area contributed by atoms with Crippen molar-refractivity contribution in [2.75, 3.05) is 32.6 Å². The zero-order chi connectivity index (χ0) is 13.0. The minimum atomic E-state index is -0.260. The minimum Gasteiger partial charge on any atom is -0.394 e. The molecule has 0 saturated carbocycles. The Hall–Kier alpha value is -1.04. The second-order valence-electron chi connectivity index (χ2n) is 4.13. The van der Waals surface area contributed by atoms with E-state index in [2.05, 4.69) is 0 Å². The maximum atomic E-state index is 12.4. The van der Waals surface area contributed by atoms with E-state index in [9.17, 15) is 4.79 Å². The molecule has 1 aromatic rings. The lowest BCUT2D eigenvalue weighted by Gasteiger charge is -2.32. The number of carbonyl (C=O) groups excluding carboxylic acids is 1. The second kappa shape index (κ2) is 6.22. The lowest BCUT2D eigenvalue weighted by molar-refractivity contribution is -0.0448. The number of amides is 1. The van der Waals surface area contributed by atoms with Crippen LogP contribution in [0.4, 0.5) is 0 Å².